The topological polar surface area (TPSA) is 0 Å². The van der Waals surface area contributed by atoms with Crippen molar-refractivity contribution < 1.29 is 65.6 Å². The predicted octanol–water partition coefficient (Wildman–Crippen LogP) is 7.53. The smallest absolute Gasteiger partial charge is 0.0893 e. The van der Waals surface area contributed by atoms with Crippen LogP contribution >= 0.6 is 0 Å². The van der Waals surface area contributed by atoms with Crippen LogP contribution in [-0.4, -0.2) is 0 Å². The van der Waals surface area contributed by atoms with Crippen LogP contribution in [0, 0.1) is 76.7 Å². The molecule has 33 heavy (non-hydrogen) atoms. The summed E-state index contributed by atoms with van der Waals surface area (Å²) in [6.45, 7) is 0. The summed E-state index contributed by atoms with van der Waals surface area (Å²) in [5.41, 5.74) is 0. The van der Waals surface area contributed by atoms with E-state index in [9.17, 15) is 43.9 Å². The fourth-order valence-electron chi connectivity index (χ4n) is 2.03. The summed E-state index contributed by atoms with van der Waals surface area (Å²) in [7, 11) is 0. The maximum atomic E-state index is 12.0. The first kappa shape index (κ1) is 30.8. The van der Waals surface area contributed by atoms with Gasteiger partial charge in [0.05, 0.1) is 58.2 Å². The summed E-state index contributed by atoms with van der Waals surface area (Å²) in [4.78, 5) is 0. The van der Waals surface area contributed by atoms with Gasteiger partial charge in [0, 0.05) is 21.7 Å². The Morgan fingerprint density at radius 3 is 1.00 bits per heavy atom. The minimum Gasteiger partial charge on any atom is -0.328 e. The Balaban J connectivity index is 0.000000434. The first-order valence-corrected chi connectivity index (χ1v) is 8.87. The van der Waals surface area contributed by atoms with Crippen LogP contribution in [0.5, 0.6) is 0 Å². The third kappa shape index (κ3) is 10.1. The van der Waals surface area contributed by atoms with E-state index in [0.717, 1.165) is 12.1 Å². The van der Waals surface area contributed by atoms with E-state index in [4.69, 9.17) is 0 Å². The first-order valence-electron chi connectivity index (χ1n) is 8.87. The van der Waals surface area contributed by atoms with Crippen molar-refractivity contribution in [1.29, 1.82) is 0 Å². The van der Waals surface area contributed by atoms with E-state index in [1.165, 1.54) is 25.7 Å². The van der Waals surface area contributed by atoms with Gasteiger partial charge in [-0.2, -0.15) is 31.0 Å². The summed E-state index contributed by atoms with van der Waals surface area (Å²) >= 11 is 0. The van der Waals surface area contributed by atoms with Gasteiger partial charge in [0.1, 0.15) is 0 Å². The van der Waals surface area contributed by atoms with E-state index in [-0.39, 0.29) is 21.7 Å². The van der Waals surface area contributed by atoms with E-state index in [2.05, 4.69) is 6.42 Å². The van der Waals surface area contributed by atoms with Crippen LogP contribution in [0.4, 0.5) is 43.9 Å². The van der Waals surface area contributed by atoms with Crippen molar-refractivity contribution in [3.63, 3.8) is 0 Å². The van der Waals surface area contributed by atoms with E-state index in [1.54, 1.807) is 0 Å². The molecule has 0 saturated heterocycles. The van der Waals surface area contributed by atoms with Crippen LogP contribution in [0.2, 0.25) is 0 Å². The van der Waals surface area contributed by atoms with Gasteiger partial charge in [0.2, 0.25) is 0 Å². The number of rotatable bonds is 0. The zero-order chi connectivity index (χ0) is 24.3. The fraction of sp³-hybridized carbons (Fsp3) is 0.182. The molecule has 3 aromatic rings. The molecular formula is C22H14F10Ti-4. The van der Waals surface area contributed by atoms with E-state index in [0.29, 0.717) is 0 Å². The van der Waals surface area contributed by atoms with Crippen LogP contribution in [-0.2, 0) is 21.7 Å². The minimum absolute atomic E-state index is 0. The van der Waals surface area contributed by atoms with Crippen molar-refractivity contribution in [2.75, 3.05) is 0 Å². The van der Waals surface area contributed by atoms with Crippen LogP contribution in [0.3, 0.4) is 0 Å². The Hall–Kier alpha value is -2.20. The monoisotopic (exact) mass is 516 g/mol. The quantitative estimate of drug-likeness (QED) is 0.0953. The molecular weight excluding hydrogens is 502 g/mol. The zero-order valence-corrected chi connectivity index (χ0v) is 18.1. The largest absolute Gasteiger partial charge is 0.328 e. The SMILES string of the molecule is Fc1[c-]c(F)c(F)c(F)c1F.Fc1[c-]c(F)c(F)c(F)c1F.[CH-]1CCCC1.[Ti].c1cc[cH-]c1. The van der Waals surface area contributed by atoms with E-state index < -0.39 is 58.2 Å². The summed E-state index contributed by atoms with van der Waals surface area (Å²) in [5.74, 6) is -20.1. The van der Waals surface area contributed by atoms with Gasteiger partial charge < -0.3 is 6.42 Å². The molecule has 0 unspecified atom stereocenters. The molecule has 0 N–H and O–H groups in total. The normalized spacial score (nSPS) is 11.7. The van der Waals surface area contributed by atoms with Crippen molar-refractivity contribution in [2.24, 2.45) is 0 Å². The van der Waals surface area contributed by atoms with E-state index in [1.807, 2.05) is 30.3 Å². The molecule has 0 aliphatic heterocycles. The molecule has 180 valence electrons. The molecule has 0 heterocycles. The molecule has 0 bridgehead atoms. The van der Waals surface area contributed by atoms with Gasteiger partial charge in [-0.3, -0.25) is 17.6 Å². The zero-order valence-electron chi connectivity index (χ0n) is 16.6. The van der Waals surface area contributed by atoms with Gasteiger partial charge in [-0.25, -0.2) is 38.5 Å². The van der Waals surface area contributed by atoms with Gasteiger partial charge >= 0.3 is 0 Å². The Kier molecular flexibility index (Phi) is 14.6. The Morgan fingerprint density at radius 2 is 0.818 bits per heavy atom. The molecule has 0 radical (unpaired) electrons. The molecule has 1 saturated carbocycles. The number of hydrogen-bond acceptors (Lipinski definition) is 0. The Bertz CT molecular complexity index is 831. The van der Waals surface area contributed by atoms with Crippen LogP contribution < -0.4 is 0 Å². The van der Waals surface area contributed by atoms with Gasteiger partial charge in [0.25, 0.3) is 0 Å². The molecule has 1 aliphatic rings. The van der Waals surface area contributed by atoms with Crippen molar-refractivity contribution in [3.8, 4) is 0 Å². The molecule has 11 heteroatoms. The molecule has 1 aliphatic carbocycles. The number of benzene rings is 2. The van der Waals surface area contributed by atoms with E-state index >= 15 is 0 Å². The van der Waals surface area contributed by atoms with Gasteiger partial charge in [-0.1, -0.05) is 12.8 Å². The number of halogens is 10. The average Bonchev–Trinajstić information content (AvgIpc) is 3.53. The minimum atomic E-state index is -2.17. The molecule has 0 spiro atoms. The second-order valence-corrected chi connectivity index (χ2v) is 5.93. The first-order chi connectivity index (χ1) is 15.1. The third-order valence-electron chi connectivity index (χ3n) is 3.60. The number of hydrogen-bond donors (Lipinski definition) is 0. The average molecular weight is 516 g/mol. The van der Waals surface area contributed by atoms with Crippen molar-refractivity contribution >= 4 is 0 Å². The maximum absolute atomic E-state index is 12.0. The summed E-state index contributed by atoms with van der Waals surface area (Å²) < 4.78 is 120. The second-order valence-electron chi connectivity index (χ2n) is 5.93. The molecule has 4 rings (SSSR count). The van der Waals surface area contributed by atoms with Crippen molar-refractivity contribution in [1.82, 2.24) is 0 Å². The molecule has 0 amide bonds. The summed E-state index contributed by atoms with van der Waals surface area (Å²) in [5, 5.41) is 0. The van der Waals surface area contributed by atoms with Crippen molar-refractivity contribution in [3.05, 3.63) is 107 Å². The Labute approximate surface area is 198 Å². The predicted molar refractivity (Wildman–Crippen MR) is 94.9 cm³/mol. The van der Waals surface area contributed by atoms with Gasteiger partial charge in [0.15, 0.2) is 0 Å². The second kappa shape index (κ2) is 15.6. The van der Waals surface area contributed by atoms with Gasteiger partial charge in [-0.15, -0.1) is 12.1 Å². The fourth-order valence-corrected chi connectivity index (χ4v) is 2.03. The molecule has 0 nitrogen and oxygen atoms in total. The van der Waals surface area contributed by atoms with Crippen LogP contribution in [0.1, 0.15) is 25.7 Å². The van der Waals surface area contributed by atoms with Crippen LogP contribution in [0.25, 0.3) is 0 Å². The summed E-state index contributed by atoms with van der Waals surface area (Å²) in [6, 6.07) is 12.0. The molecule has 3 aromatic carbocycles. The molecule has 0 atom stereocenters. The third-order valence-corrected chi connectivity index (χ3v) is 3.60. The Morgan fingerprint density at radius 1 is 0.515 bits per heavy atom. The van der Waals surface area contributed by atoms with Gasteiger partial charge in [-0.05, 0) is 0 Å². The standard InChI is InChI=1S/2C6F5.C5H9.C5H5.Ti/c2*7-2-1-3(8)5(10)6(11)4(2)9;2*1-2-4-5-3-1;/h;;1H,2-5H2;1-5H;/q4*-1;. The maximum Gasteiger partial charge on any atom is 0.0893 e. The molecule has 1 fully saturated rings. The van der Waals surface area contributed by atoms with Crippen LogP contribution in [0.15, 0.2) is 30.3 Å². The van der Waals surface area contributed by atoms with Crippen molar-refractivity contribution in [2.45, 2.75) is 25.7 Å². The summed E-state index contributed by atoms with van der Waals surface area (Å²) in [6.07, 6.45) is 8.00. The molecule has 0 aromatic heterocycles.